The second kappa shape index (κ2) is 7.01. The van der Waals surface area contributed by atoms with E-state index in [2.05, 4.69) is 27.0 Å². The van der Waals surface area contributed by atoms with Gasteiger partial charge in [0.25, 0.3) is 5.91 Å². The Balaban J connectivity index is 1.75. The van der Waals surface area contributed by atoms with Crippen molar-refractivity contribution >= 4 is 33.3 Å². The molecule has 4 rings (SSSR count). The van der Waals surface area contributed by atoms with Crippen molar-refractivity contribution in [2.45, 2.75) is 6.10 Å². The first-order valence-electron chi connectivity index (χ1n) is 8.52. The van der Waals surface area contributed by atoms with Gasteiger partial charge in [0.15, 0.2) is 0 Å². The van der Waals surface area contributed by atoms with Crippen molar-refractivity contribution in [1.29, 1.82) is 0 Å². The molecular formula is C19H20N4O2S. The highest BCUT2D eigenvalue weighted by Crippen LogP contribution is 2.38. The molecule has 1 aliphatic heterocycles. The fourth-order valence-corrected chi connectivity index (χ4v) is 4.48. The van der Waals surface area contributed by atoms with Gasteiger partial charge < -0.3 is 14.5 Å². The maximum atomic E-state index is 12.8. The van der Waals surface area contributed by atoms with E-state index in [9.17, 15) is 4.79 Å². The van der Waals surface area contributed by atoms with Gasteiger partial charge in [-0.1, -0.05) is 18.2 Å². The summed E-state index contributed by atoms with van der Waals surface area (Å²) in [6.45, 7) is 1.93. The number of ether oxygens (including phenoxy) is 1. The zero-order valence-electron chi connectivity index (χ0n) is 14.8. The normalized spacial score (nSPS) is 17.5. The van der Waals surface area contributed by atoms with E-state index < -0.39 is 0 Å². The Morgan fingerprint density at radius 3 is 2.77 bits per heavy atom. The van der Waals surface area contributed by atoms with Crippen LogP contribution in [0, 0.1) is 0 Å². The van der Waals surface area contributed by atoms with E-state index in [1.165, 1.54) is 11.3 Å². The number of anilines is 1. The zero-order valence-corrected chi connectivity index (χ0v) is 15.6. The van der Waals surface area contributed by atoms with Crippen molar-refractivity contribution in [2.24, 2.45) is 0 Å². The number of carbonyl (C=O) groups excluding carboxylic acids is 1. The van der Waals surface area contributed by atoms with Crippen LogP contribution in [-0.4, -0.2) is 54.6 Å². The molecule has 3 aromatic rings. The molecule has 26 heavy (non-hydrogen) atoms. The van der Waals surface area contributed by atoms with Crippen molar-refractivity contribution in [3.8, 4) is 0 Å². The predicted octanol–water partition coefficient (Wildman–Crippen LogP) is 2.97. The third-order valence-corrected chi connectivity index (χ3v) is 5.63. The molecule has 3 heterocycles. The molecule has 1 aliphatic rings. The fourth-order valence-electron chi connectivity index (χ4n) is 3.21. The molecule has 134 valence electrons. The Hall–Kier alpha value is -2.51. The number of fused-ring (bicyclic) bond motifs is 1. The van der Waals surface area contributed by atoms with Crippen molar-refractivity contribution in [3.63, 3.8) is 0 Å². The molecule has 6 nitrogen and oxygen atoms in total. The number of aromatic nitrogens is 2. The average molecular weight is 368 g/mol. The molecule has 1 unspecified atom stereocenters. The highest BCUT2D eigenvalue weighted by Gasteiger charge is 2.31. The van der Waals surface area contributed by atoms with Crippen molar-refractivity contribution in [1.82, 2.24) is 14.9 Å². The van der Waals surface area contributed by atoms with Gasteiger partial charge in [-0.05, 0) is 17.5 Å². The number of amides is 1. The molecule has 0 N–H and O–H groups in total. The summed E-state index contributed by atoms with van der Waals surface area (Å²) in [6, 6.07) is 9.93. The summed E-state index contributed by atoms with van der Waals surface area (Å²) in [7, 11) is 3.56. The fraction of sp³-hybridized carbons (Fsp3) is 0.316. The van der Waals surface area contributed by atoms with Crippen LogP contribution in [0.3, 0.4) is 0 Å². The summed E-state index contributed by atoms with van der Waals surface area (Å²) in [4.78, 5) is 26.0. The van der Waals surface area contributed by atoms with Crippen LogP contribution in [0.25, 0.3) is 10.1 Å². The lowest BCUT2D eigenvalue weighted by atomic mass is 10.0. The zero-order chi connectivity index (χ0) is 18.1. The van der Waals surface area contributed by atoms with Crippen LogP contribution in [0.4, 0.5) is 5.95 Å². The van der Waals surface area contributed by atoms with Gasteiger partial charge in [0.05, 0.1) is 18.0 Å². The van der Waals surface area contributed by atoms with Crippen LogP contribution in [0.5, 0.6) is 0 Å². The van der Waals surface area contributed by atoms with E-state index in [1.807, 2.05) is 18.2 Å². The Morgan fingerprint density at radius 2 is 2.00 bits per heavy atom. The maximum absolute atomic E-state index is 12.8. The molecule has 1 amide bonds. The Morgan fingerprint density at radius 1 is 1.23 bits per heavy atom. The molecule has 1 aromatic carbocycles. The summed E-state index contributed by atoms with van der Waals surface area (Å²) in [5.41, 5.74) is 0.977. The van der Waals surface area contributed by atoms with Crippen molar-refractivity contribution < 1.29 is 9.53 Å². The summed E-state index contributed by atoms with van der Waals surface area (Å²) in [5.74, 6) is 0.707. The molecule has 1 fully saturated rings. The van der Waals surface area contributed by atoms with E-state index in [4.69, 9.17) is 4.74 Å². The molecule has 0 aliphatic carbocycles. The monoisotopic (exact) mass is 368 g/mol. The van der Waals surface area contributed by atoms with Gasteiger partial charge in [-0.3, -0.25) is 4.79 Å². The van der Waals surface area contributed by atoms with Crippen LogP contribution in [0.1, 0.15) is 21.3 Å². The minimum Gasteiger partial charge on any atom is -0.370 e. The van der Waals surface area contributed by atoms with Gasteiger partial charge in [-0.15, -0.1) is 11.3 Å². The molecule has 1 atom stereocenters. The number of benzene rings is 1. The van der Waals surface area contributed by atoms with E-state index >= 15 is 0 Å². The Bertz CT molecular complexity index is 926. The number of carbonyl (C=O) groups is 1. The number of hydrogen-bond donors (Lipinski definition) is 0. The van der Waals surface area contributed by atoms with Gasteiger partial charge in [0.2, 0.25) is 5.95 Å². The molecule has 2 aromatic heterocycles. The van der Waals surface area contributed by atoms with Gasteiger partial charge in [-0.25, -0.2) is 9.97 Å². The van der Waals surface area contributed by atoms with Crippen LogP contribution < -0.4 is 4.90 Å². The molecule has 0 radical (unpaired) electrons. The molecular weight excluding hydrogens is 348 g/mol. The highest BCUT2D eigenvalue weighted by atomic mass is 32.1. The first kappa shape index (κ1) is 16.9. The molecule has 0 spiro atoms. The van der Waals surface area contributed by atoms with E-state index in [0.717, 1.165) is 27.1 Å². The average Bonchev–Trinajstić information content (AvgIpc) is 3.07. The lowest BCUT2D eigenvalue weighted by Crippen LogP contribution is -2.39. The van der Waals surface area contributed by atoms with Gasteiger partial charge in [0.1, 0.15) is 6.10 Å². The molecule has 0 saturated carbocycles. The number of morpholine rings is 1. The third-order valence-electron chi connectivity index (χ3n) is 4.46. The van der Waals surface area contributed by atoms with Crippen LogP contribution >= 0.6 is 11.3 Å². The number of rotatable bonds is 3. The lowest BCUT2D eigenvalue weighted by molar-refractivity contribution is 0.0393. The van der Waals surface area contributed by atoms with Gasteiger partial charge >= 0.3 is 0 Å². The van der Waals surface area contributed by atoms with Crippen LogP contribution in [0.15, 0.2) is 42.7 Å². The predicted molar refractivity (Wildman–Crippen MR) is 103 cm³/mol. The van der Waals surface area contributed by atoms with E-state index in [0.29, 0.717) is 19.1 Å². The third kappa shape index (κ3) is 3.04. The lowest BCUT2D eigenvalue weighted by Gasteiger charge is -2.33. The summed E-state index contributed by atoms with van der Waals surface area (Å²) in [5, 5.41) is 1.09. The van der Waals surface area contributed by atoms with Crippen molar-refractivity contribution in [3.05, 3.63) is 53.2 Å². The molecule has 7 heteroatoms. The maximum Gasteiger partial charge on any atom is 0.263 e. The van der Waals surface area contributed by atoms with Crippen LogP contribution in [0.2, 0.25) is 0 Å². The van der Waals surface area contributed by atoms with E-state index in [-0.39, 0.29) is 12.0 Å². The smallest absolute Gasteiger partial charge is 0.263 e. The number of thiophene rings is 1. The van der Waals surface area contributed by atoms with Crippen LogP contribution in [-0.2, 0) is 4.74 Å². The molecule has 0 bridgehead atoms. The standard InChI is InChI=1S/C19H20N4O2S/c1-22(2)18(24)17-16(13-6-3-4-7-15(13)26-17)14-12-23(10-11-25-14)19-20-8-5-9-21-19/h3-9,14H,10-12H2,1-2H3. The summed E-state index contributed by atoms with van der Waals surface area (Å²) in [6.07, 6.45) is 3.30. The first-order valence-corrected chi connectivity index (χ1v) is 9.33. The van der Waals surface area contributed by atoms with Crippen molar-refractivity contribution in [2.75, 3.05) is 38.7 Å². The minimum absolute atomic E-state index is 0.0119. The quantitative estimate of drug-likeness (QED) is 0.711. The second-order valence-corrected chi connectivity index (χ2v) is 7.45. The first-order chi connectivity index (χ1) is 12.6. The SMILES string of the molecule is CN(C)C(=O)c1sc2ccccc2c1C1CN(c2ncccn2)CCO1. The highest BCUT2D eigenvalue weighted by molar-refractivity contribution is 7.21. The summed E-state index contributed by atoms with van der Waals surface area (Å²) >= 11 is 1.53. The van der Waals surface area contributed by atoms with Gasteiger partial charge in [0, 0.05) is 43.3 Å². The molecule has 1 saturated heterocycles. The largest absolute Gasteiger partial charge is 0.370 e. The second-order valence-electron chi connectivity index (χ2n) is 6.39. The number of hydrogen-bond acceptors (Lipinski definition) is 6. The topological polar surface area (TPSA) is 58.6 Å². The number of nitrogens with zero attached hydrogens (tertiary/aromatic N) is 4. The summed E-state index contributed by atoms with van der Waals surface area (Å²) < 4.78 is 7.19. The minimum atomic E-state index is -0.192. The Kier molecular flexibility index (Phi) is 4.57. The van der Waals surface area contributed by atoms with Gasteiger partial charge in [-0.2, -0.15) is 0 Å². The van der Waals surface area contributed by atoms with E-state index in [1.54, 1.807) is 31.4 Å². The Labute approximate surface area is 156 Å².